The van der Waals surface area contributed by atoms with Crippen molar-refractivity contribution in [2.24, 2.45) is 0 Å². The topological polar surface area (TPSA) is 0 Å². The van der Waals surface area contributed by atoms with Crippen molar-refractivity contribution in [1.29, 1.82) is 0 Å². The number of hydrogen-bond acceptors (Lipinski definition) is 0. The highest BCUT2D eigenvalue weighted by Crippen LogP contribution is 2.32. The quantitative estimate of drug-likeness (QED) is 0.653. The Labute approximate surface area is 99.7 Å². The van der Waals surface area contributed by atoms with Gasteiger partial charge in [0.25, 0.3) is 0 Å². The van der Waals surface area contributed by atoms with E-state index >= 15 is 0 Å². The summed E-state index contributed by atoms with van der Waals surface area (Å²) in [4.78, 5) is 0. The van der Waals surface area contributed by atoms with Gasteiger partial charge in [-0.2, -0.15) is 13.2 Å². The Morgan fingerprint density at radius 1 is 0.722 bits per heavy atom. The van der Waals surface area contributed by atoms with Gasteiger partial charge in [0.1, 0.15) is 11.6 Å². The summed E-state index contributed by atoms with van der Waals surface area (Å²) in [5.74, 6) is -1.62. The van der Waals surface area contributed by atoms with Crippen molar-refractivity contribution in [3.8, 4) is 11.1 Å². The summed E-state index contributed by atoms with van der Waals surface area (Å²) in [6.07, 6.45) is -4.47. The molecule has 0 aliphatic rings. The smallest absolute Gasteiger partial charge is 0.206 e. The molecule has 2 aromatic rings. The molecular weight excluding hydrogens is 251 g/mol. The van der Waals surface area contributed by atoms with E-state index in [2.05, 4.69) is 0 Å². The Bertz CT molecular complexity index is 534. The molecule has 0 unspecified atom stereocenters. The summed E-state index contributed by atoms with van der Waals surface area (Å²) < 4.78 is 63.8. The van der Waals surface area contributed by atoms with Crippen LogP contribution in [0.5, 0.6) is 0 Å². The molecule has 2 aromatic carbocycles. The van der Waals surface area contributed by atoms with Crippen LogP contribution in [0, 0.1) is 11.6 Å². The first-order valence-electron chi connectivity index (χ1n) is 5.01. The van der Waals surface area contributed by atoms with Crippen LogP contribution in [0.15, 0.2) is 42.5 Å². The molecule has 0 aromatic heterocycles. The van der Waals surface area contributed by atoms with E-state index in [0.717, 1.165) is 36.4 Å². The van der Waals surface area contributed by atoms with Crippen molar-refractivity contribution in [2.75, 3.05) is 0 Å². The van der Waals surface area contributed by atoms with Crippen LogP contribution in [0.1, 0.15) is 5.56 Å². The largest absolute Gasteiger partial charge is 0.416 e. The molecule has 0 atom stereocenters. The number of hydrogen-bond donors (Lipinski definition) is 0. The third-order valence-corrected chi connectivity index (χ3v) is 2.46. The molecule has 0 aliphatic carbocycles. The van der Waals surface area contributed by atoms with E-state index in [-0.39, 0.29) is 11.1 Å². The molecule has 0 aliphatic heterocycles. The number of halogens is 5. The van der Waals surface area contributed by atoms with Crippen LogP contribution in [-0.4, -0.2) is 0 Å². The second-order valence-electron chi connectivity index (χ2n) is 3.67. The van der Waals surface area contributed by atoms with Crippen molar-refractivity contribution in [1.82, 2.24) is 0 Å². The minimum atomic E-state index is -4.47. The normalized spacial score (nSPS) is 11.6. The van der Waals surface area contributed by atoms with Crippen LogP contribution in [0.25, 0.3) is 11.1 Å². The number of alkyl halides is 3. The molecule has 0 N–H and O–H groups in total. The van der Waals surface area contributed by atoms with Crippen molar-refractivity contribution in [3.05, 3.63) is 59.7 Å². The lowest BCUT2D eigenvalue weighted by molar-refractivity contribution is -0.137. The summed E-state index contributed by atoms with van der Waals surface area (Å²) >= 11 is 0. The molecule has 0 heterocycles. The van der Waals surface area contributed by atoms with E-state index in [0.29, 0.717) is 0 Å². The molecule has 0 fully saturated rings. The van der Waals surface area contributed by atoms with Gasteiger partial charge in [0, 0.05) is 0 Å². The molecule has 0 bridgehead atoms. The van der Waals surface area contributed by atoms with Crippen molar-refractivity contribution >= 4 is 0 Å². The van der Waals surface area contributed by atoms with Gasteiger partial charge in [-0.05, 0) is 29.8 Å². The van der Waals surface area contributed by atoms with Crippen LogP contribution in [0.4, 0.5) is 22.0 Å². The standard InChI is InChI=1S/C13H7F5/c14-10-2-1-3-11(15)12(10)8-4-6-9(7-5-8)13(16,17)18/h1-7H. The zero-order chi connectivity index (χ0) is 13.3. The Morgan fingerprint density at radius 3 is 1.67 bits per heavy atom. The lowest BCUT2D eigenvalue weighted by atomic mass is 10.0. The summed E-state index contributed by atoms with van der Waals surface area (Å²) in [7, 11) is 0. The summed E-state index contributed by atoms with van der Waals surface area (Å²) in [6.45, 7) is 0. The summed E-state index contributed by atoms with van der Waals surface area (Å²) in [6, 6.07) is 6.97. The molecule has 0 amide bonds. The minimum absolute atomic E-state index is 0.0681. The van der Waals surface area contributed by atoms with E-state index in [1.807, 2.05) is 0 Å². The van der Waals surface area contributed by atoms with Gasteiger partial charge in [0.05, 0.1) is 11.1 Å². The van der Waals surface area contributed by atoms with Gasteiger partial charge < -0.3 is 0 Å². The predicted molar refractivity (Wildman–Crippen MR) is 56.8 cm³/mol. The van der Waals surface area contributed by atoms with Crippen molar-refractivity contribution in [2.45, 2.75) is 6.18 Å². The molecule has 0 radical (unpaired) electrons. The fourth-order valence-corrected chi connectivity index (χ4v) is 1.60. The van der Waals surface area contributed by atoms with Crippen molar-refractivity contribution < 1.29 is 22.0 Å². The van der Waals surface area contributed by atoms with Crippen LogP contribution in [-0.2, 0) is 6.18 Å². The summed E-state index contributed by atoms with van der Waals surface area (Å²) in [5, 5.41) is 0. The van der Waals surface area contributed by atoms with E-state index in [9.17, 15) is 22.0 Å². The number of benzene rings is 2. The van der Waals surface area contributed by atoms with E-state index in [1.165, 1.54) is 6.07 Å². The summed E-state index contributed by atoms with van der Waals surface area (Å²) in [5.41, 5.74) is -1.12. The molecule has 0 saturated heterocycles. The van der Waals surface area contributed by atoms with E-state index < -0.39 is 23.4 Å². The maximum absolute atomic E-state index is 13.4. The second kappa shape index (κ2) is 4.40. The molecule has 0 saturated carbocycles. The molecule has 94 valence electrons. The Balaban J connectivity index is 2.47. The maximum atomic E-state index is 13.4. The Hall–Kier alpha value is -1.91. The zero-order valence-electron chi connectivity index (χ0n) is 8.93. The first-order chi connectivity index (χ1) is 8.39. The highest BCUT2D eigenvalue weighted by Gasteiger charge is 2.30. The third-order valence-electron chi connectivity index (χ3n) is 2.46. The van der Waals surface area contributed by atoms with E-state index in [4.69, 9.17) is 0 Å². The monoisotopic (exact) mass is 258 g/mol. The number of rotatable bonds is 1. The van der Waals surface area contributed by atoms with Gasteiger partial charge in [-0.15, -0.1) is 0 Å². The average Bonchev–Trinajstić information content (AvgIpc) is 2.28. The van der Waals surface area contributed by atoms with Gasteiger partial charge in [-0.3, -0.25) is 0 Å². The SMILES string of the molecule is Fc1cccc(F)c1-c1ccc(C(F)(F)F)cc1. The molecule has 2 rings (SSSR count). The fourth-order valence-electron chi connectivity index (χ4n) is 1.60. The van der Waals surface area contributed by atoms with Crippen LogP contribution in [0.3, 0.4) is 0 Å². The lowest BCUT2D eigenvalue weighted by Crippen LogP contribution is -2.04. The van der Waals surface area contributed by atoms with Crippen LogP contribution in [0.2, 0.25) is 0 Å². The van der Waals surface area contributed by atoms with Crippen LogP contribution >= 0.6 is 0 Å². The van der Waals surface area contributed by atoms with Gasteiger partial charge in [0.15, 0.2) is 0 Å². The molecule has 0 nitrogen and oxygen atoms in total. The first-order valence-corrected chi connectivity index (χ1v) is 5.01. The Kier molecular flexibility index (Phi) is 3.07. The predicted octanol–water partition coefficient (Wildman–Crippen LogP) is 4.65. The van der Waals surface area contributed by atoms with Crippen LogP contribution < -0.4 is 0 Å². The zero-order valence-corrected chi connectivity index (χ0v) is 8.93. The van der Waals surface area contributed by atoms with Gasteiger partial charge in [-0.25, -0.2) is 8.78 Å². The molecule has 0 spiro atoms. The van der Waals surface area contributed by atoms with E-state index in [1.54, 1.807) is 0 Å². The Morgan fingerprint density at radius 2 is 1.22 bits per heavy atom. The molecular formula is C13H7F5. The average molecular weight is 258 g/mol. The second-order valence-corrected chi connectivity index (χ2v) is 3.67. The maximum Gasteiger partial charge on any atom is 0.416 e. The highest BCUT2D eigenvalue weighted by atomic mass is 19.4. The lowest BCUT2D eigenvalue weighted by Gasteiger charge is -2.08. The van der Waals surface area contributed by atoms with Gasteiger partial charge in [-0.1, -0.05) is 18.2 Å². The molecule has 5 heteroatoms. The highest BCUT2D eigenvalue weighted by molar-refractivity contribution is 5.65. The molecule has 18 heavy (non-hydrogen) atoms. The fraction of sp³-hybridized carbons (Fsp3) is 0.0769. The van der Waals surface area contributed by atoms with Gasteiger partial charge >= 0.3 is 6.18 Å². The minimum Gasteiger partial charge on any atom is -0.206 e. The first kappa shape index (κ1) is 12.5. The van der Waals surface area contributed by atoms with Crippen molar-refractivity contribution in [3.63, 3.8) is 0 Å². The van der Waals surface area contributed by atoms with Gasteiger partial charge in [0.2, 0.25) is 0 Å². The third kappa shape index (κ3) is 2.34.